The van der Waals surface area contributed by atoms with Gasteiger partial charge in [-0.3, -0.25) is 14.2 Å². The highest BCUT2D eigenvalue weighted by atomic mass is 35.5. The molecule has 0 spiro atoms. The number of alkyl halides is 3. The van der Waals surface area contributed by atoms with Crippen molar-refractivity contribution in [1.82, 2.24) is 9.55 Å². The minimum atomic E-state index is -4.57. The van der Waals surface area contributed by atoms with Crippen molar-refractivity contribution in [3.05, 3.63) is 87.6 Å². The number of fused-ring (bicyclic) bond motifs is 1. The average Bonchev–Trinajstić information content (AvgIpc) is 3.28. The molecule has 2 aromatic heterocycles. The molecule has 1 amide bonds. The van der Waals surface area contributed by atoms with Crippen molar-refractivity contribution in [1.29, 1.82) is 0 Å². The fourth-order valence-corrected chi connectivity index (χ4v) is 4.03. The number of anilines is 1. The second kappa shape index (κ2) is 9.32. The number of thioether (sulfide) groups is 1. The van der Waals surface area contributed by atoms with Gasteiger partial charge in [0.25, 0.3) is 5.56 Å². The number of carbonyl (C=O) groups excluding carboxylic acids is 1. The smallest absolute Gasteiger partial charge is 0.416 e. The van der Waals surface area contributed by atoms with Gasteiger partial charge in [-0.1, -0.05) is 35.5 Å². The van der Waals surface area contributed by atoms with Crippen LogP contribution in [0.4, 0.5) is 18.9 Å². The molecule has 11 heteroatoms. The van der Waals surface area contributed by atoms with Crippen LogP contribution < -0.4 is 10.9 Å². The van der Waals surface area contributed by atoms with E-state index in [0.29, 0.717) is 16.7 Å². The molecule has 0 fully saturated rings. The summed E-state index contributed by atoms with van der Waals surface area (Å²) in [6, 6.07) is 12.9. The van der Waals surface area contributed by atoms with Crippen molar-refractivity contribution in [2.45, 2.75) is 17.9 Å². The average molecular weight is 494 g/mol. The Morgan fingerprint density at radius 1 is 1.15 bits per heavy atom. The highest BCUT2D eigenvalue weighted by Crippen LogP contribution is 2.34. The maximum absolute atomic E-state index is 13.0. The quantitative estimate of drug-likeness (QED) is 0.286. The van der Waals surface area contributed by atoms with E-state index < -0.39 is 17.6 Å². The molecule has 1 N–H and O–H groups in total. The molecule has 4 aromatic rings. The second-order valence-electron chi connectivity index (χ2n) is 6.91. The van der Waals surface area contributed by atoms with Gasteiger partial charge in [0.2, 0.25) is 5.91 Å². The topological polar surface area (TPSA) is 77.1 Å². The van der Waals surface area contributed by atoms with E-state index in [2.05, 4.69) is 10.3 Å². The van der Waals surface area contributed by atoms with Crippen LogP contribution in [0.2, 0.25) is 5.02 Å². The number of carbonyl (C=O) groups is 1. The molecular formula is C22H15ClF3N3O3S. The molecule has 0 unspecified atom stereocenters. The third-order valence-electron chi connectivity index (χ3n) is 4.62. The molecule has 2 heterocycles. The Kier molecular flexibility index (Phi) is 6.48. The summed E-state index contributed by atoms with van der Waals surface area (Å²) in [7, 11) is 0. The maximum Gasteiger partial charge on any atom is 0.416 e. The van der Waals surface area contributed by atoms with Gasteiger partial charge in [-0.15, -0.1) is 0 Å². The van der Waals surface area contributed by atoms with Gasteiger partial charge < -0.3 is 9.73 Å². The number of amides is 1. The zero-order chi connectivity index (χ0) is 23.6. The molecule has 0 saturated heterocycles. The minimum absolute atomic E-state index is 0.0279. The summed E-state index contributed by atoms with van der Waals surface area (Å²) in [4.78, 5) is 30.0. The summed E-state index contributed by atoms with van der Waals surface area (Å²) >= 11 is 6.92. The molecule has 0 aliphatic carbocycles. The van der Waals surface area contributed by atoms with E-state index in [1.165, 1.54) is 10.8 Å². The molecule has 4 rings (SSSR count). The monoisotopic (exact) mass is 493 g/mol. The van der Waals surface area contributed by atoms with Crippen molar-refractivity contribution in [3.8, 4) is 0 Å². The van der Waals surface area contributed by atoms with Crippen LogP contribution in [-0.4, -0.2) is 21.2 Å². The standard InChI is InChI=1S/C22H15ClF3N3O3S/c23-16-8-7-13(22(24,25)26)10-18(16)27-19(30)12-33-21-28-17-6-2-1-5-15(17)20(31)29(21)11-14-4-3-9-32-14/h1-10H,11-12H2,(H,27,30). The number of hydrogen-bond acceptors (Lipinski definition) is 5. The zero-order valence-corrected chi connectivity index (χ0v) is 18.3. The van der Waals surface area contributed by atoms with Crippen molar-refractivity contribution in [3.63, 3.8) is 0 Å². The van der Waals surface area contributed by atoms with Gasteiger partial charge in [-0.25, -0.2) is 4.98 Å². The number of para-hydroxylation sites is 1. The summed E-state index contributed by atoms with van der Waals surface area (Å²) < 4.78 is 45.6. The number of rotatable bonds is 6. The first-order valence-corrected chi connectivity index (χ1v) is 10.9. The Labute approximate surface area is 194 Å². The van der Waals surface area contributed by atoms with E-state index in [9.17, 15) is 22.8 Å². The molecule has 6 nitrogen and oxygen atoms in total. The van der Waals surface area contributed by atoms with E-state index in [4.69, 9.17) is 16.0 Å². The molecule has 0 aliphatic heterocycles. The van der Waals surface area contributed by atoms with Gasteiger partial charge >= 0.3 is 6.18 Å². The third-order valence-corrected chi connectivity index (χ3v) is 5.93. The number of hydrogen-bond donors (Lipinski definition) is 1. The zero-order valence-electron chi connectivity index (χ0n) is 16.7. The van der Waals surface area contributed by atoms with Crippen LogP contribution in [0.5, 0.6) is 0 Å². The van der Waals surface area contributed by atoms with Crippen molar-refractivity contribution < 1.29 is 22.4 Å². The second-order valence-corrected chi connectivity index (χ2v) is 8.26. The molecular weight excluding hydrogens is 479 g/mol. The molecule has 0 atom stereocenters. The van der Waals surface area contributed by atoms with Crippen LogP contribution in [0, 0.1) is 0 Å². The molecule has 0 saturated carbocycles. The fraction of sp³-hybridized carbons (Fsp3) is 0.136. The Morgan fingerprint density at radius 3 is 2.67 bits per heavy atom. The number of furan rings is 1. The van der Waals surface area contributed by atoms with Gasteiger partial charge in [-0.2, -0.15) is 13.2 Å². The first kappa shape index (κ1) is 22.9. The van der Waals surface area contributed by atoms with Crippen LogP contribution in [0.25, 0.3) is 10.9 Å². The molecule has 33 heavy (non-hydrogen) atoms. The van der Waals surface area contributed by atoms with E-state index in [-0.39, 0.29) is 33.7 Å². The minimum Gasteiger partial charge on any atom is -0.467 e. The lowest BCUT2D eigenvalue weighted by Gasteiger charge is -2.13. The predicted octanol–water partition coefficient (Wildman–Crippen LogP) is 5.44. The Morgan fingerprint density at radius 2 is 1.94 bits per heavy atom. The Balaban J connectivity index is 1.58. The highest BCUT2D eigenvalue weighted by Gasteiger charge is 2.31. The van der Waals surface area contributed by atoms with Gasteiger partial charge in [0.15, 0.2) is 5.16 Å². The summed E-state index contributed by atoms with van der Waals surface area (Å²) in [5, 5.41) is 3.03. The molecule has 0 aliphatic rings. The predicted molar refractivity (Wildman–Crippen MR) is 120 cm³/mol. The van der Waals surface area contributed by atoms with Gasteiger partial charge in [-0.05, 0) is 42.5 Å². The van der Waals surface area contributed by atoms with E-state index in [1.807, 2.05) is 0 Å². The molecule has 0 radical (unpaired) electrons. The summed E-state index contributed by atoms with van der Waals surface area (Å²) in [5.74, 6) is -0.292. The van der Waals surface area contributed by atoms with Crippen LogP contribution >= 0.6 is 23.4 Å². The summed E-state index contributed by atoms with van der Waals surface area (Å²) in [6.45, 7) is 0.104. The summed E-state index contributed by atoms with van der Waals surface area (Å²) in [6.07, 6.45) is -3.09. The van der Waals surface area contributed by atoms with Crippen molar-refractivity contribution >= 4 is 45.9 Å². The van der Waals surface area contributed by atoms with E-state index in [1.54, 1.807) is 36.4 Å². The lowest BCUT2D eigenvalue weighted by atomic mass is 10.2. The van der Waals surface area contributed by atoms with Gasteiger partial charge in [0.05, 0.1) is 45.7 Å². The third kappa shape index (κ3) is 5.23. The SMILES string of the molecule is O=C(CSc1nc2ccccc2c(=O)n1Cc1ccco1)Nc1cc(C(F)(F)F)ccc1Cl. The number of nitrogens with zero attached hydrogens (tertiary/aromatic N) is 2. The molecule has 2 aromatic carbocycles. The van der Waals surface area contributed by atoms with Crippen LogP contribution in [0.1, 0.15) is 11.3 Å². The first-order valence-electron chi connectivity index (χ1n) is 9.54. The largest absolute Gasteiger partial charge is 0.467 e. The van der Waals surface area contributed by atoms with Gasteiger partial charge in [0.1, 0.15) is 5.76 Å². The van der Waals surface area contributed by atoms with Gasteiger partial charge in [0, 0.05) is 0 Å². The summed E-state index contributed by atoms with van der Waals surface area (Å²) in [5.41, 5.74) is -0.933. The van der Waals surface area contributed by atoms with E-state index in [0.717, 1.165) is 30.0 Å². The Bertz CT molecular complexity index is 1370. The van der Waals surface area contributed by atoms with Crippen LogP contribution in [0.3, 0.4) is 0 Å². The fourth-order valence-electron chi connectivity index (χ4n) is 3.07. The van der Waals surface area contributed by atoms with Crippen molar-refractivity contribution in [2.75, 3.05) is 11.1 Å². The first-order chi connectivity index (χ1) is 15.7. The molecule has 170 valence electrons. The lowest BCUT2D eigenvalue weighted by Crippen LogP contribution is -2.24. The number of nitrogens with one attached hydrogen (secondary N) is 1. The van der Waals surface area contributed by atoms with Crippen molar-refractivity contribution in [2.24, 2.45) is 0 Å². The molecule has 0 bridgehead atoms. The maximum atomic E-state index is 13.0. The number of aromatic nitrogens is 2. The number of halogens is 4. The van der Waals surface area contributed by atoms with E-state index >= 15 is 0 Å². The van der Waals surface area contributed by atoms with Crippen LogP contribution in [-0.2, 0) is 17.5 Å². The van der Waals surface area contributed by atoms with Crippen LogP contribution in [0.15, 0.2) is 75.2 Å². The highest BCUT2D eigenvalue weighted by molar-refractivity contribution is 7.99. The lowest BCUT2D eigenvalue weighted by molar-refractivity contribution is -0.137. The number of benzene rings is 2. The normalized spacial score (nSPS) is 11.6. The Hall–Kier alpha value is -3.24.